The van der Waals surface area contributed by atoms with Gasteiger partial charge in [-0.1, -0.05) is 18.2 Å². The van der Waals surface area contributed by atoms with E-state index < -0.39 is 0 Å². The Bertz CT molecular complexity index is 796. The lowest BCUT2D eigenvalue weighted by atomic mass is 10.1. The molecule has 0 radical (unpaired) electrons. The molecule has 2 aromatic carbocycles. The van der Waals surface area contributed by atoms with Gasteiger partial charge in [-0.15, -0.1) is 0 Å². The average molecular weight is 358 g/mol. The molecule has 0 fully saturated rings. The van der Waals surface area contributed by atoms with Gasteiger partial charge < -0.3 is 14.4 Å². The molecule has 26 heavy (non-hydrogen) atoms. The minimum atomic E-state index is -0.306. The molecule has 6 heteroatoms. The first-order valence-corrected chi connectivity index (χ1v) is 8.52. The number of carbonyl (C=O) groups is 1. The number of ether oxygens (including phenoxy) is 2. The molecule has 1 atom stereocenters. The second kappa shape index (κ2) is 7.74. The van der Waals surface area contributed by atoms with Crippen molar-refractivity contribution < 1.29 is 18.7 Å². The number of amides is 1. The second-order valence-corrected chi connectivity index (χ2v) is 6.60. The molecule has 0 aromatic heterocycles. The number of benzene rings is 2. The van der Waals surface area contributed by atoms with Gasteiger partial charge in [0.15, 0.2) is 11.5 Å². The largest absolute Gasteiger partial charge is 0.454 e. The highest BCUT2D eigenvalue weighted by molar-refractivity contribution is 5.81. The highest BCUT2D eigenvalue weighted by Crippen LogP contribution is 2.32. The molecule has 2 aromatic rings. The van der Waals surface area contributed by atoms with Crippen LogP contribution < -0.4 is 9.47 Å². The summed E-state index contributed by atoms with van der Waals surface area (Å²) in [5.41, 5.74) is 1.82. The number of rotatable bonds is 6. The van der Waals surface area contributed by atoms with Crippen molar-refractivity contribution in [2.45, 2.75) is 26.1 Å². The summed E-state index contributed by atoms with van der Waals surface area (Å²) in [6, 6.07) is 11.8. The molecule has 0 saturated heterocycles. The molecule has 0 N–H and O–H groups in total. The van der Waals surface area contributed by atoms with Crippen molar-refractivity contribution >= 4 is 5.91 Å². The number of halogens is 1. The van der Waals surface area contributed by atoms with E-state index in [9.17, 15) is 9.18 Å². The zero-order valence-electron chi connectivity index (χ0n) is 15.2. The molecule has 1 aliphatic heterocycles. The van der Waals surface area contributed by atoms with Crippen LogP contribution in [0.1, 0.15) is 18.1 Å². The monoisotopic (exact) mass is 358 g/mol. The third kappa shape index (κ3) is 4.14. The maximum absolute atomic E-state index is 13.3. The summed E-state index contributed by atoms with van der Waals surface area (Å²) in [6.45, 7) is 3.10. The van der Waals surface area contributed by atoms with E-state index in [0.29, 0.717) is 13.1 Å². The SMILES string of the molecule is C[C@H](C(=O)N(C)Cc1cccc(F)c1)N(C)Cc1ccc2c(c1)OCO2. The molecule has 0 unspecified atom stereocenters. The Balaban J connectivity index is 1.60. The molecular formula is C20H23FN2O3. The van der Waals surface area contributed by atoms with Crippen LogP contribution >= 0.6 is 0 Å². The van der Waals surface area contributed by atoms with E-state index in [2.05, 4.69) is 0 Å². The summed E-state index contributed by atoms with van der Waals surface area (Å²) in [5, 5.41) is 0. The topological polar surface area (TPSA) is 42.0 Å². The van der Waals surface area contributed by atoms with Gasteiger partial charge in [-0.3, -0.25) is 9.69 Å². The minimum Gasteiger partial charge on any atom is -0.454 e. The number of carbonyl (C=O) groups excluding carboxylic acids is 1. The summed E-state index contributed by atoms with van der Waals surface area (Å²) >= 11 is 0. The van der Waals surface area contributed by atoms with Crippen LogP contribution in [0.4, 0.5) is 4.39 Å². The Morgan fingerprint density at radius 1 is 1.08 bits per heavy atom. The minimum absolute atomic E-state index is 0.0162. The second-order valence-electron chi connectivity index (χ2n) is 6.60. The van der Waals surface area contributed by atoms with Gasteiger partial charge in [-0.05, 0) is 49.4 Å². The molecule has 0 spiro atoms. The molecule has 0 bridgehead atoms. The average Bonchev–Trinajstić information content (AvgIpc) is 3.08. The van der Waals surface area contributed by atoms with Crippen LogP contribution in [-0.4, -0.2) is 42.6 Å². The molecule has 1 aliphatic rings. The van der Waals surface area contributed by atoms with Crippen LogP contribution in [0.5, 0.6) is 11.5 Å². The normalized spacial score (nSPS) is 13.7. The van der Waals surface area contributed by atoms with Gasteiger partial charge in [0.05, 0.1) is 6.04 Å². The molecule has 138 valence electrons. The standard InChI is InChI=1S/C20H23FN2O3/c1-14(20(24)23(3)12-15-5-4-6-17(21)9-15)22(2)11-16-7-8-18-19(10-16)26-13-25-18/h4-10,14H,11-13H2,1-3H3/t14-/m1/s1. The molecular weight excluding hydrogens is 335 g/mol. The van der Waals surface area contributed by atoms with E-state index in [1.165, 1.54) is 12.1 Å². The van der Waals surface area contributed by atoms with Gasteiger partial charge in [0.2, 0.25) is 12.7 Å². The first-order chi connectivity index (χ1) is 12.4. The molecule has 0 aliphatic carbocycles. The Morgan fingerprint density at radius 3 is 2.58 bits per heavy atom. The van der Waals surface area contributed by atoms with Crippen LogP contribution in [0, 0.1) is 5.82 Å². The number of hydrogen-bond acceptors (Lipinski definition) is 4. The van der Waals surface area contributed by atoms with Crippen molar-refractivity contribution in [3.63, 3.8) is 0 Å². The van der Waals surface area contributed by atoms with E-state index >= 15 is 0 Å². The molecule has 1 amide bonds. The van der Waals surface area contributed by atoms with Gasteiger partial charge in [-0.25, -0.2) is 4.39 Å². The van der Waals surface area contributed by atoms with Gasteiger partial charge in [0.25, 0.3) is 0 Å². The smallest absolute Gasteiger partial charge is 0.239 e. The maximum Gasteiger partial charge on any atom is 0.239 e. The number of nitrogens with zero attached hydrogens (tertiary/aromatic N) is 2. The fourth-order valence-corrected chi connectivity index (χ4v) is 2.96. The molecule has 5 nitrogen and oxygen atoms in total. The van der Waals surface area contributed by atoms with Gasteiger partial charge in [0, 0.05) is 20.1 Å². The summed E-state index contributed by atoms with van der Waals surface area (Å²) in [4.78, 5) is 16.3. The Morgan fingerprint density at radius 2 is 1.81 bits per heavy atom. The van der Waals surface area contributed by atoms with E-state index in [0.717, 1.165) is 22.6 Å². The van der Waals surface area contributed by atoms with Crippen molar-refractivity contribution in [2.75, 3.05) is 20.9 Å². The van der Waals surface area contributed by atoms with Crippen LogP contribution in [0.3, 0.4) is 0 Å². The lowest BCUT2D eigenvalue weighted by molar-refractivity contribution is -0.135. The molecule has 0 saturated carbocycles. The highest BCUT2D eigenvalue weighted by Gasteiger charge is 2.22. The van der Waals surface area contributed by atoms with E-state index in [1.807, 2.05) is 43.1 Å². The highest BCUT2D eigenvalue weighted by atomic mass is 19.1. The van der Waals surface area contributed by atoms with Crippen LogP contribution in [-0.2, 0) is 17.9 Å². The summed E-state index contributed by atoms with van der Waals surface area (Å²) in [6.07, 6.45) is 0. The number of fused-ring (bicyclic) bond motifs is 1. The van der Waals surface area contributed by atoms with E-state index in [-0.39, 0.29) is 24.6 Å². The predicted octanol–water partition coefficient (Wildman–Crippen LogP) is 3.03. The summed E-state index contributed by atoms with van der Waals surface area (Å²) in [7, 11) is 3.64. The van der Waals surface area contributed by atoms with E-state index in [1.54, 1.807) is 18.0 Å². The predicted molar refractivity (Wildman–Crippen MR) is 96.4 cm³/mol. The van der Waals surface area contributed by atoms with Crippen molar-refractivity contribution in [1.82, 2.24) is 9.80 Å². The fraction of sp³-hybridized carbons (Fsp3) is 0.350. The quantitative estimate of drug-likeness (QED) is 0.796. The third-order valence-corrected chi connectivity index (χ3v) is 4.57. The Hall–Kier alpha value is -2.60. The first kappa shape index (κ1) is 18.2. The van der Waals surface area contributed by atoms with Crippen LogP contribution in [0.15, 0.2) is 42.5 Å². The number of likely N-dealkylation sites (N-methyl/N-ethyl adjacent to an activating group) is 2. The van der Waals surface area contributed by atoms with Crippen molar-refractivity contribution in [3.8, 4) is 11.5 Å². The zero-order chi connectivity index (χ0) is 18.7. The Labute approximate surface area is 152 Å². The lowest BCUT2D eigenvalue weighted by Crippen LogP contribution is -2.43. The van der Waals surface area contributed by atoms with Crippen molar-refractivity contribution in [2.24, 2.45) is 0 Å². The van der Waals surface area contributed by atoms with Crippen LogP contribution in [0.2, 0.25) is 0 Å². The number of hydrogen-bond donors (Lipinski definition) is 0. The Kier molecular flexibility index (Phi) is 5.42. The maximum atomic E-state index is 13.3. The van der Waals surface area contributed by atoms with Crippen molar-refractivity contribution in [1.29, 1.82) is 0 Å². The van der Waals surface area contributed by atoms with E-state index in [4.69, 9.17) is 9.47 Å². The fourth-order valence-electron chi connectivity index (χ4n) is 2.96. The zero-order valence-corrected chi connectivity index (χ0v) is 15.2. The summed E-state index contributed by atoms with van der Waals surface area (Å²) in [5.74, 6) is 1.17. The first-order valence-electron chi connectivity index (χ1n) is 8.52. The van der Waals surface area contributed by atoms with Gasteiger partial charge >= 0.3 is 0 Å². The molecule has 3 rings (SSSR count). The molecule has 1 heterocycles. The van der Waals surface area contributed by atoms with Gasteiger partial charge in [0.1, 0.15) is 5.82 Å². The lowest BCUT2D eigenvalue weighted by Gasteiger charge is -2.28. The van der Waals surface area contributed by atoms with Crippen molar-refractivity contribution in [3.05, 3.63) is 59.4 Å². The van der Waals surface area contributed by atoms with Crippen LogP contribution in [0.25, 0.3) is 0 Å². The summed E-state index contributed by atoms with van der Waals surface area (Å²) < 4.78 is 24.0. The third-order valence-electron chi connectivity index (χ3n) is 4.57. The van der Waals surface area contributed by atoms with Gasteiger partial charge in [-0.2, -0.15) is 0 Å².